The average Bonchev–Trinajstić information content (AvgIpc) is 2.40. The third-order valence-corrected chi connectivity index (χ3v) is 2.80. The van der Waals surface area contributed by atoms with E-state index in [4.69, 9.17) is 4.74 Å². The lowest BCUT2D eigenvalue weighted by Gasteiger charge is -2.06. The van der Waals surface area contributed by atoms with Crippen molar-refractivity contribution in [2.75, 3.05) is 19.4 Å². The third-order valence-electron chi connectivity index (χ3n) is 2.08. The van der Waals surface area contributed by atoms with Gasteiger partial charge in [0.2, 0.25) is 0 Å². The number of rotatable bonds is 1. The molecule has 1 aliphatic rings. The van der Waals surface area contributed by atoms with E-state index in [-0.39, 0.29) is 5.91 Å². The number of fused-ring (bicyclic) bond motifs is 1. The van der Waals surface area contributed by atoms with Crippen LogP contribution in [0, 0.1) is 0 Å². The Morgan fingerprint density at radius 2 is 2.36 bits per heavy atom. The van der Waals surface area contributed by atoms with Crippen molar-refractivity contribution in [2.45, 2.75) is 4.90 Å². The van der Waals surface area contributed by atoms with Gasteiger partial charge in [-0.15, -0.1) is 11.8 Å². The monoisotopic (exact) mass is 209 g/mol. The second-order valence-corrected chi connectivity index (χ2v) is 3.85. The van der Waals surface area contributed by atoms with E-state index >= 15 is 0 Å². The van der Waals surface area contributed by atoms with Crippen LogP contribution in [0.25, 0.3) is 0 Å². The number of nitrogens with one attached hydrogen (secondary N) is 1. The highest BCUT2D eigenvalue weighted by Crippen LogP contribution is 2.25. The van der Waals surface area contributed by atoms with Gasteiger partial charge in [0.05, 0.1) is 12.1 Å². The van der Waals surface area contributed by atoms with Gasteiger partial charge in [-0.05, 0) is 24.5 Å². The number of benzene rings is 1. The normalized spacial score (nSPS) is 15.1. The molecule has 3 nitrogen and oxygen atoms in total. The zero-order valence-electron chi connectivity index (χ0n) is 7.87. The number of amides is 1. The standard InChI is InChI=1S/C10H11NO2S/c1-14-7-2-3-9-8(6-7)10(12)11-4-5-13-9/h2-3,6H,4-5H2,1H3,(H,11,12). The number of carbonyl (C=O) groups is 1. The summed E-state index contributed by atoms with van der Waals surface area (Å²) >= 11 is 1.61. The molecule has 1 N–H and O–H groups in total. The van der Waals surface area contributed by atoms with Crippen molar-refractivity contribution in [3.63, 3.8) is 0 Å². The molecule has 0 aromatic heterocycles. The zero-order valence-corrected chi connectivity index (χ0v) is 8.69. The summed E-state index contributed by atoms with van der Waals surface area (Å²) in [5.74, 6) is 0.631. The van der Waals surface area contributed by atoms with E-state index in [1.54, 1.807) is 11.8 Å². The SMILES string of the molecule is CSc1ccc2c(c1)C(=O)NCCO2. The number of carbonyl (C=O) groups excluding carboxylic acids is 1. The van der Waals surface area contributed by atoms with E-state index in [0.29, 0.717) is 24.5 Å². The lowest BCUT2D eigenvalue weighted by molar-refractivity contribution is 0.0957. The lowest BCUT2D eigenvalue weighted by Crippen LogP contribution is -2.24. The van der Waals surface area contributed by atoms with Crippen LogP contribution in [0.1, 0.15) is 10.4 Å². The molecule has 0 aliphatic carbocycles. The van der Waals surface area contributed by atoms with Crippen LogP contribution in [-0.2, 0) is 0 Å². The summed E-state index contributed by atoms with van der Waals surface area (Å²) in [4.78, 5) is 12.6. The molecule has 14 heavy (non-hydrogen) atoms. The van der Waals surface area contributed by atoms with Gasteiger partial charge in [0.15, 0.2) is 0 Å². The first kappa shape index (κ1) is 9.40. The van der Waals surface area contributed by atoms with Gasteiger partial charge >= 0.3 is 0 Å². The van der Waals surface area contributed by atoms with E-state index in [9.17, 15) is 4.79 Å². The maximum Gasteiger partial charge on any atom is 0.255 e. The molecule has 1 heterocycles. The zero-order chi connectivity index (χ0) is 9.97. The Balaban J connectivity index is 2.44. The summed E-state index contributed by atoms with van der Waals surface area (Å²) in [6.45, 7) is 1.11. The van der Waals surface area contributed by atoms with Gasteiger partial charge in [0.25, 0.3) is 5.91 Å². The van der Waals surface area contributed by atoms with E-state index in [0.717, 1.165) is 4.90 Å². The number of thioether (sulfide) groups is 1. The van der Waals surface area contributed by atoms with Crippen LogP contribution in [0.2, 0.25) is 0 Å². The van der Waals surface area contributed by atoms with Crippen molar-refractivity contribution in [1.29, 1.82) is 0 Å². The van der Waals surface area contributed by atoms with Crippen LogP contribution in [0.3, 0.4) is 0 Å². The van der Waals surface area contributed by atoms with Crippen LogP contribution >= 0.6 is 11.8 Å². The molecule has 0 spiro atoms. The van der Waals surface area contributed by atoms with Crippen molar-refractivity contribution in [1.82, 2.24) is 5.32 Å². The molecule has 74 valence electrons. The van der Waals surface area contributed by atoms with Crippen LogP contribution < -0.4 is 10.1 Å². The molecule has 2 rings (SSSR count). The van der Waals surface area contributed by atoms with Gasteiger partial charge in [0.1, 0.15) is 12.4 Å². The molecule has 0 saturated heterocycles. The maximum atomic E-state index is 11.6. The fourth-order valence-corrected chi connectivity index (χ4v) is 1.80. The fraction of sp³-hybridized carbons (Fsp3) is 0.300. The largest absolute Gasteiger partial charge is 0.491 e. The van der Waals surface area contributed by atoms with Crippen molar-refractivity contribution in [3.8, 4) is 5.75 Å². The molecule has 1 amide bonds. The van der Waals surface area contributed by atoms with Gasteiger partial charge in [0, 0.05) is 4.90 Å². The summed E-state index contributed by atoms with van der Waals surface area (Å²) in [5, 5.41) is 2.78. The van der Waals surface area contributed by atoms with Gasteiger partial charge in [-0.25, -0.2) is 0 Å². The molecular formula is C10H11NO2S. The fourth-order valence-electron chi connectivity index (χ4n) is 1.36. The molecule has 1 aliphatic heterocycles. The van der Waals surface area contributed by atoms with Crippen LogP contribution in [0.5, 0.6) is 5.75 Å². The second kappa shape index (κ2) is 3.92. The Morgan fingerprint density at radius 3 is 3.14 bits per heavy atom. The summed E-state index contributed by atoms with van der Waals surface area (Å²) in [7, 11) is 0. The summed E-state index contributed by atoms with van der Waals surface area (Å²) in [5.41, 5.74) is 0.634. The van der Waals surface area contributed by atoms with Crippen molar-refractivity contribution >= 4 is 17.7 Å². The Bertz CT molecular complexity index is 365. The minimum Gasteiger partial charge on any atom is -0.491 e. The maximum absolute atomic E-state index is 11.6. The van der Waals surface area contributed by atoms with E-state index in [1.165, 1.54) is 0 Å². The van der Waals surface area contributed by atoms with Crippen molar-refractivity contribution in [3.05, 3.63) is 23.8 Å². The molecule has 0 saturated carbocycles. The predicted octanol–water partition coefficient (Wildman–Crippen LogP) is 1.53. The molecule has 4 heteroatoms. The highest BCUT2D eigenvalue weighted by Gasteiger charge is 2.16. The van der Waals surface area contributed by atoms with Gasteiger partial charge in [-0.1, -0.05) is 0 Å². The van der Waals surface area contributed by atoms with Crippen LogP contribution in [-0.4, -0.2) is 25.3 Å². The Kier molecular flexibility index (Phi) is 2.63. The van der Waals surface area contributed by atoms with E-state index in [1.807, 2.05) is 24.5 Å². The van der Waals surface area contributed by atoms with Crippen LogP contribution in [0.15, 0.2) is 23.1 Å². The molecule has 0 fully saturated rings. The first-order chi connectivity index (χ1) is 6.81. The van der Waals surface area contributed by atoms with Gasteiger partial charge in [-0.3, -0.25) is 4.79 Å². The van der Waals surface area contributed by atoms with Crippen molar-refractivity contribution < 1.29 is 9.53 Å². The Morgan fingerprint density at radius 1 is 1.50 bits per heavy atom. The first-order valence-electron chi connectivity index (χ1n) is 4.40. The van der Waals surface area contributed by atoms with Gasteiger partial charge in [-0.2, -0.15) is 0 Å². The quantitative estimate of drug-likeness (QED) is 0.713. The molecular weight excluding hydrogens is 198 g/mol. The number of hydrogen-bond donors (Lipinski definition) is 1. The Hall–Kier alpha value is -1.16. The highest BCUT2D eigenvalue weighted by atomic mass is 32.2. The van der Waals surface area contributed by atoms with E-state index in [2.05, 4.69) is 5.32 Å². The lowest BCUT2D eigenvalue weighted by atomic mass is 10.2. The minimum atomic E-state index is -0.0478. The predicted molar refractivity (Wildman–Crippen MR) is 56.1 cm³/mol. The first-order valence-corrected chi connectivity index (χ1v) is 5.63. The molecule has 1 aromatic rings. The van der Waals surface area contributed by atoms with E-state index < -0.39 is 0 Å². The van der Waals surface area contributed by atoms with Gasteiger partial charge < -0.3 is 10.1 Å². The smallest absolute Gasteiger partial charge is 0.255 e. The molecule has 0 bridgehead atoms. The topological polar surface area (TPSA) is 38.3 Å². The summed E-state index contributed by atoms with van der Waals surface area (Å²) in [6.07, 6.45) is 1.98. The minimum absolute atomic E-state index is 0.0478. The third kappa shape index (κ3) is 1.70. The van der Waals surface area contributed by atoms with Crippen molar-refractivity contribution in [2.24, 2.45) is 0 Å². The number of hydrogen-bond acceptors (Lipinski definition) is 3. The average molecular weight is 209 g/mol. The molecule has 0 radical (unpaired) electrons. The number of ether oxygens (including phenoxy) is 1. The summed E-state index contributed by atoms with van der Waals surface area (Å²) in [6, 6.07) is 5.68. The highest BCUT2D eigenvalue weighted by molar-refractivity contribution is 7.98. The second-order valence-electron chi connectivity index (χ2n) is 2.97. The Labute approximate surface area is 86.8 Å². The molecule has 0 unspecified atom stereocenters. The summed E-state index contributed by atoms with van der Waals surface area (Å²) < 4.78 is 5.43. The molecule has 0 atom stereocenters. The van der Waals surface area contributed by atoms with Crippen LogP contribution in [0.4, 0.5) is 0 Å². The molecule has 1 aromatic carbocycles.